The minimum Gasteiger partial charge on any atom is -0.342 e. The van der Waals surface area contributed by atoms with Gasteiger partial charge in [0.25, 0.3) is 0 Å². The number of hydrogen-bond acceptors (Lipinski definition) is 4. The quantitative estimate of drug-likeness (QED) is 0.861. The van der Waals surface area contributed by atoms with Crippen LogP contribution < -0.4 is 0 Å². The van der Waals surface area contributed by atoms with Gasteiger partial charge in [-0.05, 0) is 62.1 Å². The number of piperidine rings is 1. The Kier molecular flexibility index (Phi) is 4.55. The standard InChI is InChI=1S/C20H25N3O2/c1-14-21-20(25-22-14)18-7-4-10-23(13-18)19(24)12-15-8-9-16-5-2-3-6-17(16)11-15/h8-9,11,18H,2-7,10,12-13H2,1H3/t18-/m1/s1. The Morgan fingerprint density at radius 3 is 2.88 bits per heavy atom. The van der Waals surface area contributed by atoms with E-state index >= 15 is 0 Å². The first-order valence-corrected chi connectivity index (χ1v) is 9.38. The van der Waals surface area contributed by atoms with Crippen molar-refractivity contribution in [2.75, 3.05) is 13.1 Å². The fourth-order valence-corrected chi connectivity index (χ4v) is 4.07. The number of aromatic nitrogens is 2. The van der Waals surface area contributed by atoms with Crippen LogP contribution in [0.5, 0.6) is 0 Å². The first-order valence-electron chi connectivity index (χ1n) is 9.38. The Hall–Kier alpha value is -2.17. The van der Waals surface area contributed by atoms with E-state index in [-0.39, 0.29) is 11.8 Å². The zero-order valence-electron chi connectivity index (χ0n) is 14.8. The molecule has 2 heterocycles. The molecule has 0 unspecified atom stereocenters. The van der Waals surface area contributed by atoms with Crippen molar-refractivity contribution in [3.63, 3.8) is 0 Å². The average Bonchev–Trinajstić information content (AvgIpc) is 3.08. The van der Waals surface area contributed by atoms with Gasteiger partial charge in [-0.2, -0.15) is 4.98 Å². The highest BCUT2D eigenvalue weighted by molar-refractivity contribution is 5.79. The van der Waals surface area contributed by atoms with Gasteiger partial charge in [-0.25, -0.2) is 0 Å². The van der Waals surface area contributed by atoms with Crippen molar-refractivity contribution in [2.45, 2.75) is 57.8 Å². The average molecular weight is 339 g/mol. The third kappa shape index (κ3) is 3.60. The molecule has 0 spiro atoms. The lowest BCUT2D eigenvalue weighted by molar-refractivity contribution is -0.131. The van der Waals surface area contributed by atoms with Crippen molar-refractivity contribution < 1.29 is 9.32 Å². The lowest BCUT2D eigenvalue weighted by Crippen LogP contribution is -2.40. The van der Waals surface area contributed by atoms with Crippen molar-refractivity contribution in [3.8, 4) is 0 Å². The summed E-state index contributed by atoms with van der Waals surface area (Å²) in [5, 5.41) is 3.88. The summed E-state index contributed by atoms with van der Waals surface area (Å²) in [6, 6.07) is 6.59. The number of nitrogens with zero attached hydrogens (tertiary/aromatic N) is 3. The molecule has 0 saturated carbocycles. The lowest BCUT2D eigenvalue weighted by atomic mass is 9.90. The normalized spacial score (nSPS) is 20.4. The second-order valence-electron chi connectivity index (χ2n) is 7.35. The maximum atomic E-state index is 12.8. The fraction of sp³-hybridized carbons (Fsp3) is 0.550. The smallest absolute Gasteiger partial charge is 0.231 e. The molecular formula is C20H25N3O2. The summed E-state index contributed by atoms with van der Waals surface area (Å²) >= 11 is 0. The molecule has 25 heavy (non-hydrogen) atoms. The molecule has 1 aromatic heterocycles. The Bertz CT molecular complexity index is 768. The van der Waals surface area contributed by atoms with Gasteiger partial charge in [0.05, 0.1) is 12.3 Å². The van der Waals surface area contributed by atoms with Gasteiger partial charge in [-0.3, -0.25) is 4.79 Å². The Morgan fingerprint density at radius 1 is 1.24 bits per heavy atom. The summed E-state index contributed by atoms with van der Waals surface area (Å²) in [7, 11) is 0. The minimum atomic E-state index is 0.169. The van der Waals surface area contributed by atoms with Crippen molar-refractivity contribution in [1.82, 2.24) is 15.0 Å². The van der Waals surface area contributed by atoms with E-state index in [1.165, 1.54) is 30.4 Å². The molecule has 5 heteroatoms. The van der Waals surface area contributed by atoms with Crippen molar-refractivity contribution >= 4 is 5.91 Å². The molecule has 2 aliphatic rings. The predicted octanol–water partition coefficient (Wildman–Crippen LogP) is 3.21. The van der Waals surface area contributed by atoms with Crippen LogP contribution in [-0.2, 0) is 24.1 Å². The Balaban J connectivity index is 1.42. The highest BCUT2D eigenvalue weighted by Gasteiger charge is 2.28. The van der Waals surface area contributed by atoms with E-state index in [0.717, 1.165) is 31.4 Å². The van der Waals surface area contributed by atoms with Crippen LogP contribution >= 0.6 is 0 Å². The van der Waals surface area contributed by atoms with Gasteiger partial charge in [-0.15, -0.1) is 0 Å². The Morgan fingerprint density at radius 2 is 2.08 bits per heavy atom. The topological polar surface area (TPSA) is 59.2 Å². The molecule has 4 rings (SSSR count). The summed E-state index contributed by atoms with van der Waals surface area (Å²) in [5.74, 6) is 1.70. The van der Waals surface area contributed by atoms with E-state index in [1.54, 1.807) is 0 Å². The first-order chi connectivity index (χ1) is 12.2. The predicted molar refractivity (Wildman–Crippen MR) is 94.4 cm³/mol. The molecule has 0 radical (unpaired) electrons. The van der Waals surface area contributed by atoms with Gasteiger partial charge in [-0.1, -0.05) is 23.4 Å². The summed E-state index contributed by atoms with van der Waals surface area (Å²) < 4.78 is 5.31. The number of likely N-dealkylation sites (tertiary alicyclic amines) is 1. The molecule has 132 valence electrons. The monoisotopic (exact) mass is 339 g/mol. The van der Waals surface area contributed by atoms with E-state index in [1.807, 2.05) is 11.8 Å². The number of rotatable bonds is 3. The van der Waals surface area contributed by atoms with Crippen molar-refractivity contribution in [1.29, 1.82) is 0 Å². The number of aryl methyl sites for hydroxylation is 3. The van der Waals surface area contributed by atoms with Crippen LogP contribution in [0, 0.1) is 6.92 Å². The van der Waals surface area contributed by atoms with E-state index < -0.39 is 0 Å². The van der Waals surface area contributed by atoms with Gasteiger partial charge in [0.15, 0.2) is 5.82 Å². The van der Waals surface area contributed by atoms with Crippen LogP contribution in [0.25, 0.3) is 0 Å². The van der Waals surface area contributed by atoms with Gasteiger partial charge >= 0.3 is 0 Å². The molecule has 1 fully saturated rings. The van der Waals surface area contributed by atoms with Crippen molar-refractivity contribution in [3.05, 3.63) is 46.6 Å². The zero-order chi connectivity index (χ0) is 17.2. The summed E-state index contributed by atoms with van der Waals surface area (Å²) in [6.07, 6.45) is 7.37. The SMILES string of the molecule is Cc1noc([C@@H]2CCCN(C(=O)Cc3ccc4c(c3)CCCC4)C2)n1. The zero-order valence-corrected chi connectivity index (χ0v) is 14.8. The molecule has 1 aromatic carbocycles. The second kappa shape index (κ2) is 6.98. The van der Waals surface area contributed by atoms with E-state index in [2.05, 4.69) is 28.3 Å². The fourth-order valence-electron chi connectivity index (χ4n) is 4.07. The van der Waals surface area contributed by atoms with Crippen LogP contribution in [0.2, 0.25) is 0 Å². The largest absolute Gasteiger partial charge is 0.342 e. The van der Waals surface area contributed by atoms with Crippen LogP contribution in [-0.4, -0.2) is 34.0 Å². The number of carbonyl (C=O) groups is 1. The number of amides is 1. The van der Waals surface area contributed by atoms with Crippen molar-refractivity contribution in [2.24, 2.45) is 0 Å². The molecular weight excluding hydrogens is 314 g/mol. The maximum Gasteiger partial charge on any atom is 0.231 e. The molecule has 0 N–H and O–H groups in total. The van der Waals surface area contributed by atoms with Crippen LogP contribution in [0.3, 0.4) is 0 Å². The lowest BCUT2D eigenvalue weighted by Gasteiger charge is -2.31. The summed E-state index contributed by atoms with van der Waals surface area (Å²) in [5.41, 5.74) is 4.04. The highest BCUT2D eigenvalue weighted by atomic mass is 16.5. The molecule has 2 aromatic rings. The van der Waals surface area contributed by atoms with Gasteiger partial charge < -0.3 is 9.42 Å². The molecule has 1 amide bonds. The van der Waals surface area contributed by atoms with Gasteiger partial charge in [0.1, 0.15) is 0 Å². The molecule has 1 saturated heterocycles. The first kappa shape index (κ1) is 16.3. The number of benzene rings is 1. The maximum absolute atomic E-state index is 12.8. The van der Waals surface area contributed by atoms with Gasteiger partial charge in [0, 0.05) is 13.1 Å². The molecule has 5 nitrogen and oxygen atoms in total. The molecule has 1 aliphatic heterocycles. The second-order valence-corrected chi connectivity index (χ2v) is 7.35. The van der Waals surface area contributed by atoms with E-state index in [4.69, 9.17) is 4.52 Å². The third-order valence-electron chi connectivity index (χ3n) is 5.43. The summed E-state index contributed by atoms with van der Waals surface area (Å²) in [4.78, 5) is 19.1. The Labute approximate surface area is 148 Å². The molecule has 0 bridgehead atoms. The minimum absolute atomic E-state index is 0.169. The third-order valence-corrected chi connectivity index (χ3v) is 5.43. The molecule has 1 atom stereocenters. The van der Waals surface area contributed by atoms with E-state index in [9.17, 15) is 4.79 Å². The van der Waals surface area contributed by atoms with Crippen LogP contribution in [0.15, 0.2) is 22.7 Å². The summed E-state index contributed by atoms with van der Waals surface area (Å²) in [6.45, 7) is 3.34. The number of fused-ring (bicyclic) bond motifs is 1. The van der Waals surface area contributed by atoms with E-state index in [0.29, 0.717) is 24.7 Å². The van der Waals surface area contributed by atoms with Gasteiger partial charge in [0.2, 0.25) is 11.8 Å². The number of hydrogen-bond donors (Lipinski definition) is 0. The van der Waals surface area contributed by atoms with Crippen LogP contribution in [0.4, 0.5) is 0 Å². The van der Waals surface area contributed by atoms with Crippen LogP contribution in [0.1, 0.15) is 60.0 Å². The number of carbonyl (C=O) groups excluding carboxylic acids is 1. The molecule has 1 aliphatic carbocycles. The highest BCUT2D eigenvalue weighted by Crippen LogP contribution is 2.27.